The molecule has 5 nitrogen and oxygen atoms in total. The van der Waals surface area contributed by atoms with E-state index in [1.165, 1.54) is 11.5 Å². The molecule has 6 heteroatoms. The maximum absolute atomic E-state index is 6.01. The van der Waals surface area contributed by atoms with E-state index in [1.807, 2.05) is 12.1 Å². The molecule has 2 aromatic heterocycles. The van der Waals surface area contributed by atoms with Crippen LogP contribution in [-0.4, -0.2) is 33.5 Å². The van der Waals surface area contributed by atoms with Crippen LogP contribution in [0.3, 0.4) is 0 Å². The third-order valence-electron chi connectivity index (χ3n) is 3.53. The van der Waals surface area contributed by atoms with Crippen LogP contribution >= 0.6 is 11.5 Å². The van der Waals surface area contributed by atoms with Gasteiger partial charge in [-0.1, -0.05) is 13.8 Å². The SMILES string of the molecule is CC(C)c1nsc(N2CCCC(Oc3cccnc3)C2)n1. The van der Waals surface area contributed by atoms with Crippen molar-refractivity contribution in [1.82, 2.24) is 14.3 Å². The molecule has 0 radical (unpaired) electrons. The van der Waals surface area contributed by atoms with Gasteiger partial charge in [-0.05, 0) is 25.0 Å². The average molecular weight is 304 g/mol. The second-order valence-corrected chi connectivity index (χ2v) is 6.34. The Bertz CT molecular complexity index is 572. The van der Waals surface area contributed by atoms with E-state index in [1.54, 1.807) is 12.4 Å². The van der Waals surface area contributed by atoms with Crippen molar-refractivity contribution in [2.24, 2.45) is 0 Å². The second kappa shape index (κ2) is 6.39. The number of nitrogens with zero attached hydrogens (tertiary/aromatic N) is 4. The minimum atomic E-state index is 0.189. The van der Waals surface area contributed by atoms with Crippen LogP contribution in [0.15, 0.2) is 24.5 Å². The number of ether oxygens (including phenoxy) is 1. The largest absolute Gasteiger partial charge is 0.487 e. The summed E-state index contributed by atoms with van der Waals surface area (Å²) in [6.45, 7) is 6.13. The van der Waals surface area contributed by atoms with Crippen LogP contribution in [0.1, 0.15) is 38.4 Å². The van der Waals surface area contributed by atoms with Gasteiger partial charge in [0.05, 0.1) is 12.7 Å². The first-order valence-corrected chi connectivity index (χ1v) is 8.15. The molecule has 2 aromatic rings. The molecule has 1 unspecified atom stereocenters. The van der Waals surface area contributed by atoms with Crippen molar-refractivity contribution in [3.63, 3.8) is 0 Å². The summed E-state index contributed by atoms with van der Waals surface area (Å²) in [6.07, 6.45) is 5.90. The van der Waals surface area contributed by atoms with Crippen LogP contribution < -0.4 is 9.64 Å². The molecule has 112 valence electrons. The first-order chi connectivity index (χ1) is 10.2. The quantitative estimate of drug-likeness (QED) is 0.868. The average Bonchev–Trinajstić information content (AvgIpc) is 2.99. The van der Waals surface area contributed by atoms with E-state index in [0.717, 1.165) is 42.6 Å². The van der Waals surface area contributed by atoms with Crippen molar-refractivity contribution in [2.75, 3.05) is 18.0 Å². The van der Waals surface area contributed by atoms with E-state index in [0.29, 0.717) is 5.92 Å². The molecule has 0 bridgehead atoms. The highest BCUT2D eigenvalue weighted by molar-refractivity contribution is 7.09. The fourth-order valence-corrected chi connectivity index (χ4v) is 3.25. The summed E-state index contributed by atoms with van der Waals surface area (Å²) in [5.41, 5.74) is 0. The van der Waals surface area contributed by atoms with Gasteiger partial charge in [0.15, 0.2) is 0 Å². The van der Waals surface area contributed by atoms with E-state index in [-0.39, 0.29) is 6.10 Å². The number of hydrogen-bond acceptors (Lipinski definition) is 6. The minimum absolute atomic E-state index is 0.189. The zero-order valence-corrected chi connectivity index (χ0v) is 13.2. The molecule has 0 spiro atoms. The summed E-state index contributed by atoms with van der Waals surface area (Å²) in [5.74, 6) is 2.15. The predicted molar refractivity (Wildman–Crippen MR) is 84.1 cm³/mol. The number of pyridine rings is 1. The zero-order valence-electron chi connectivity index (χ0n) is 12.4. The molecule has 0 amide bonds. The molecule has 0 aliphatic carbocycles. The van der Waals surface area contributed by atoms with Gasteiger partial charge in [0.2, 0.25) is 5.13 Å². The highest BCUT2D eigenvalue weighted by atomic mass is 32.1. The molecule has 1 atom stereocenters. The molecule has 21 heavy (non-hydrogen) atoms. The Morgan fingerprint density at radius 2 is 2.33 bits per heavy atom. The van der Waals surface area contributed by atoms with Crippen LogP contribution in [0.2, 0.25) is 0 Å². The lowest BCUT2D eigenvalue weighted by molar-refractivity contribution is 0.178. The van der Waals surface area contributed by atoms with E-state index in [9.17, 15) is 0 Å². The highest BCUT2D eigenvalue weighted by Gasteiger charge is 2.24. The Morgan fingerprint density at radius 3 is 3.05 bits per heavy atom. The maximum atomic E-state index is 6.01. The molecule has 0 saturated carbocycles. The molecule has 3 rings (SSSR count). The maximum Gasteiger partial charge on any atom is 0.205 e. The minimum Gasteiger partial charge on any atom is -0.487 e. The molecule has 0 N–H and O–H groups in total. The molecular formula is C15H20N4OS. The van der Waals surface area contributed by atoms with Gasteiger partial charge in [-0.3, -0.25) is 4.98 Å². The molecule has 1 aliphatic rings. The molecule has 1 aliphatic heterocycles. The molecule has 3 heterocycles. The smallest absolute Gasteiger partial charge is 0.205 e. The van der Waals surface area contributed by atoms with Gasteiger partial charge >= 0.3 is 0 Å². The summed E-state index contributed by atoms with van der Waals surface area (Å²) >= 11 is 1.49. The third kappa shape index (κ3) is 3.50. The van der Waals surface area contributed by atoms with Gasteiger partial charge in [0.25, 0.3) is 0 Å². The number of anilines is 1. The van der Waals surface area contributed by atoms with Gasteiger partial charge in [0.1, 0.15) is 17.7 Å². The van der Waals surface area contributed by atoms with Crippen LogP contribution in [0, 0.1) is 0 Å². The van der Waals surface area contributed by atoms with Gasteiger partial charge in [-0.15, -0.1) is 0 Å². The van der Waals surface area contributed by atoms with Crippen molar-refractivity contribution >= 4 is 16.7 Å². The van der Waals surface area contributed by atoms with E-state index < -0.39 is 0 Å². The lowest BCUT2D eigenvalue weighted by Crippen LogP contribution is -2.41. The number of piperidine rings is 1. The summed E-state index contributed by atoms with van der Waals surface area (Å²) in [7, 11) is 0. The summed E-state index contributed by atoms with van der Waals surface area (Å²) in [5, 5.41) is 1.01. The van der Waals surface area contributed by atoms with Gasteiger partial charge in [-0.25, -0.2) is 4.98 Å². The Labute approximate surface area is 129 Å². The summed E-state index contributed by atoms with van der Waals surface area (Å²) in [6, 6.07) is 3.85. The first-order valence-electron chi connectivity index (χ1n) is 7.37. The lowest BCUT2D eigenvalue weighted by atomic mass is 10.1. The van der Waals surface area contributed by atoms with Gasteiger partial charge in [-0.2, -0.15) is 4.37 Å². The monoisotopic (exact) mass is 304 g/mol. The van der Waals surface area contributed by atoms with Crippen molar-refractivity contribution in [1.29, 1.82) is 0 Å². The third-order valence-corrected chi connectivity index (χ3v) is 4.32. The Kier molecular flexibility index (Phi) is 4.34. The van der Waals surface area contributed by atoms with Crippen LogP contribution in [0.5, 0.6) is 5.75 Å². The number of aromatic nitrogens is 3. The standard InChI is InChI=1S/C15H20N4OS/c1-11(2)14-17-15(21-18-14)19-8-4-6-13(10-19)20-12-5-3-7-16-9-12/h3,5,7,9,11,13H,4,6,8,10H2,1-2H3. The summed E-state index contributed by atoms with van der Waals surface area (Å²) < 4.78 is 10.5. The number of rotatable bonds is 4. The Hall–Kier alpha value is -1.69. The van der Waals surface area contributed by atoms with Crippen molar-refractivity contribution < 1.29 is 4.74 Å². The van der Waals surface area contributed by atoms with E-state index >= 15 is 0 Å². The highest BCUT2D eigenvalue weighted by Crippen LogP contribution is 2.26. The lowest BCUT2D eigenvalue weighted by Gasteiger charge is -2.32. The summed E-state index contributed by atoms with van der Waals surface area (Å²) in [4.78, 5) is 11.0. The topological polar surface area (TPSA) is 51.1 Å². The van der Waals surface area contributed by atoms with Crippen LogP contribution in [-0.2, 0) is 0 Å². The molecule has 0 aromatic carbocycles. The second-order valence-electron chi connectivity index (χ2n) is 5.61. The van der Waals surface area contributed by atoms with Crippen molar-refractivity contribution in [3.8, 4) is 5.75 Å². The van der Waals surface area contributed by atoms with Crippen molar-refractivity contribution in [3.05, 3.63) is 30.4 Å². The fraction of sp³-hybridized carbons (Fsp3) is 0.533. The Morgan fingerprint density at radius 1 is 1.43 bits per heavy atom. The van der Waals surface area contributed by atoms with Crippen LogP contribution in [0.25, 0.3) is 0 Å². The molecule has 1 fully saturated rings. The van der Waals surface area contributed by atoms with Gasteiger partial charge < -0.3 is 9.64 Å². The van der Waals surface area contributed by atoms with Crippen molar-refractivity contribution in [2.45, 2.75) is 38.7 Å². The predicted octanol–water partition coefficient (Wildman–Crippen LogP) is 3.10. The molecule has 1 saturated heterocycles. The van der Waals surface area contributed by atoms with E-state index in [2.05, 4.69) is 33.1 Å². The molecular weight excluding hydrogens is 284 g/mol. The zero-order chi connectivity index (χ0) is 14.7. The fourth-order valence-electron chi connectivity index (χ4n) is 2.41. The van der Waals surface area contributed by atoms with Crippen LogP contribution in [0.4, 0.5) is 5.13 Å². The van der Waals surface area contributed by atoms with E-state index in [4.69, 9.17) is 4.74 Å². The normalized spacial score (nSPS) is 19.0. The first kappa shape index (κ1) is 14.3. The van der Waals surface area contributed by atoms with Gasteiger partial charge in [0, 0.05) is 30.2 Å². The number of hydrogen-bond donors (Lipinski definition) is 0. The Balaban J connectivity index is 1.65.